The summed E-state index contributed by atoms with van der Waals surface area (Å²) >= 11 is 0. The summed E-state index contributed by atoms with van der Waals surface area (Å²) in [4.78, 5) is 13.3. The average molecular weight is 276 g/mol. The minimum atomic E-state index is -0.816. The Morgan fingerprint density at radius 1 is 1.55 bits per heavy atom. The first-order valence-electron chi connectivity index (χ1n) is 6.57. The number of aliphatic carboxylic acids is 1. The van der Waals surface area contributed by atoms with Crippen molar-refractivity contribution in [3.8, 4) is 11.5 Å². The molecule has 1 unspecified atom stereocenters. The summed E-state index contributed by atoms with van der Waals surface area (Å²) in [6.45, 7) is 2.98. The van der Waals surface area contributed by atoms with Crippen LogP contribution in [0.25, 0.3) is 11.5 Å². The fourth-order valence-electron chi connectivity index (χ4n) is 2.63. The van der Waals surface area contributed by atoms with Gasteiger partial charge in [0.15, 0.2) is 5.76 Å². The van der Waals surface area contributed by atoms with Crippen LogP contribution in [0, 0.1) is 0 Å². The van der Waals surface area contributed by atoms with Gasteiger partial charge in [-0.15, -0.1) is 0 Å². The van der Waals surface area contributed by atoms with Gasteiger partial charge in [-0.1, -0.05) is 5.16 Å². The van der Waals surface area contributed by atoms with Gasteiger partial charge < -0.3 is 14.0 Å². The Hall–Kier alpha value is -2.08. The van der Waals surface area contributed by atoms with Crippen LogP contribution in [0.1, 0.15) is 25.5 Å². The van der Waals surface area contributed by atoms with Crippen molar-refractivity contribution in [1.82, 2.24) is 10.1 Å². The number of carboxylic acids is 1. The topological polar surface area (TPSA) is 79.7 Å². The molecule has 0 aromatic carbocycles. The maximum Gasteiger partial charge on any atom is 0.323 e. The molecule has 2 aromatic heterocycles. The lowest BCUT2D eigenvalue weighted by molar-refractivity contribution is -0.148. The Balaban J connectivity index is 1.77. The van der Waals surface area contributed by atoms with Crippen LogP contribution in [0.15, 0.2) is 33.4 Å². The van der Waals surface area contributed by atoms with Gasteiger partial charge in [0.05, 0.1) is 12.0 Å². The lowest BCUT2D eigenvalue weighted by Gasteiger charge is -2.30. The molecule has 20 heavy (non-hydrogen) atoms. The Labute approximate surface area is 116 Å². The van der Waals surface area contributed by atoms with Crippen LogP contribution in [-0.4, -0.2) is 33.2 Å². The van der Waals surface area contributed by atoms with E-state index in [2.05, 4.69) is 5.16 Å². The molecule has 3 heterocycles. The van der Waals surface area contributed by atoms with E-state index in [-0.39, 0.29) is 0 Å². The van der Waals surface area contributed by atoms with Gasteiger partial charge in [-0.25, -0.2) is 0 Å². The molecule has 6 nitrogen and oxygen atoms in total. The highest BCUT2D eigenvalue weighted by Gasteiger charge is 2.43. The van der Waals surface area contributed by atoms with Crippen LogP contribution < -0.4 is 0 Å². The highest BCUT2D eigenvalue weighted by atomic mass is 16.5. The largest absolute Gasteiger partial charge is 0.480 e. The van der Waals surface area contributed by atoms with Gasteiger partial charge in [-0.05, 0) is 38.4 Å². The zero-order valence-corrected chi connectivity index (χ0v) is 11.2. The molecular weight excluding hydrogens is 260 g/mol. The van der Waals surface area contributed by atoms with Crippen molar-refractivity contribution < 1.29 is 18.8 Å². The van der Waals surface area contributed by atoms with Gasteiger partial charge >= 0.3 is 5.97 Å². The number of hydrogen-bond acceptors (Lipinski definition) is 5. The van der Waals surface area contributed by atoms with Crippen molar-refractivity contribution in [2.75, 3.05) is 6.54 Å². The summed E-state index contributed by atoms with van der Waals surface area (Å²) in [5.41, 5.74) is -0.102. The molecule has 2 aromatic rings. The third kappa shape index (κ3) is 2.12. The summed E-state index contributed by atoms with van der Waals surface area (Å²) in [6, 6.07) is 5.36. The van der Waals surface area contributed by atoms with Crippen molar-refractivity contribution >= 4 is 5.97 Å². The van der Waals surface area contributed by atoms with Gasteiger partial charge in [0.1, 0.15) is 5.54 Å². The molecule has 1 saturated heterocycles. The van der Waals surface area contributed by atoms with Gasteiger partial charge in [0, 0.05) is 12.6 Å². The van der Waals surface area contributed by atoms with Gasteiger partial charge in [-0.3, -0.25) is 9.69 Å². The van der Waals surface area contributed by atoms with E-state index in [1.165, 1.54) is 0 Å². The Kier molecular flexibility index (Phi) is 3.10. The van der Waals surface area contributed by atoms with Crippen LogP contribution in [0.5, 0.6) is 0 Å². The molecule has 1 fully saturated rings. The highest BCUT2D eigenvalue weighted by molar-refractivity contribution is 5.78. The molecule has 0 radical (unpaired) electrons. The molecule has 3 rings (SSSR count). The maximum atomic E-state index is 11.4. The molecule has 1 atom stereocenters. The smallest absolute Gasteiger partial charge is 0.323 e. The Morgan fingerprint density at radius 3 is 3.10 bits per heavy atom. The number of likely N-dealkylation sites (tertiary alicyclic amines) is 1. The minimum absolute atomic E-state index is 0.465. The number of furan rings is 1. The fraction of sp³-hybridized carbons (Fsp3) is 0.429. The molecule has 1 aliphatic rings. The first kappa shape index (κ1) is 12.9. The van der Waals surface area contributed by atoms with Crippen molar-refractivity contribution in [1.29, 1.82) is 0 Å². The van der Waals surface area contributed by atoms with E-state index in [9.17, 15) is 9.90 Å². The van der Waals surface area contributed by atoms with Crippen LogP contribution in [-0.2, 0) is 11.3 Å². The normalized spacial score (nSPS) is 23.2. The molecule has 0 saturated carbocycles. The van der Waals surface area contributed by atoms with E-state index in [4.69, 9.17) is 8.94 Å². The van der Waals surface area contributed by atoms with Gasteiger partial charge in [0.25, 0.3) is 0 Å². The summed E-state index contributed by atoms with van der Waals surface area (Å²) in [6.07, 6.45) is 3.11. The molecule has 1 aliphatic heterocycles. The molecule has 106 valence electrons. The number of nitrogens with zero attached hydrogens (tertiary/aromatic N) is 2. The first-order valence-corrected chi connectivity index (χ1v) is 6.57. The maximum absolute atomic E-state index is 11.4. The molecule has 1 N–H and O–H groups in total. The molecule has 0 bridgehead atoms. The van der Waals surface area contributed by atoms with Gasteiger partial charge in [0.2, 0.25) is 5.76 Å². The first-order chi connectivity index (χ1) is 9.59. The van der Waals surface area contributed by atoms with E-state index in [0.717, 1.165) is 13.0 Å². The van der Waals surface area contributed by atoms with Crippen molar-refractivity contribution in [2.45, 2.75) is 31.8 Å². The number of rotatable bonds is 4. The quantitative estimate of drug-likeness (QED) is 0.923. The second-order valence-electron chi connectivity index (χ2n) is 5.26. The summed E-state index contributed by atoms with van der Waals surface area (Å²) in [7, 11) is 0. The molecule has 6 heteroatoms. The monoisotopic (exact) mass is 276 g/mol. The lowest BCUT2D eigenvalue weighted by atomic mass is 9.99. The summed E-state index contributed by atoms with van der Waals surface area (Å²) in [5, 5.41) is 13.4. The Morgan fingerprint density at radius 2 is 2.40 bits per heavy atom. The number of carboxylic acid groups (broad SMARTS) is 1. The number of hydrogen-bond donors (Lipinski definition) is 1. The van der Waals surface area contributed by atoms with Crippen molar-refractivity contribution in [3.05, 3.63) is 30.2 Å². The van der Waals surface area contributed by atoms with Crippen LogP contribution >= 0.6 is 0 Å². The predicted molar refractivity (Wildman–Crippen MR) is 69.9 cm³/mol. The predicted octanol–water partition coefficient (Wildman–Crippen LogP) is 2.37. The molecule has 0 aliphatic carbocycles. The summed E-state index contributed by atoms with van der Waals surface area (Å²) < 4.78 is 10.5. The van der Waals surface area contributed by atoms with Crippen molar-refractivity contribution in [3.63, 3.8) is 0 Å². The lowest BCUT2D eigenvalue weighted by Crippen LogP contribution is -2.47. The standard InChI is InChI=1S/C14H16N2O4/c1-14(13(17)18)5-3-6-16(14)9-10-8-12(20-15-10)11-4-2-7-19-11/h2,4,7-8H,3,5-6,9H2,1H3,(H,17,18). The minimum Gasteiger partial charge on any atom is -0.480 e. The third-order valence-corrected chi connectivity index (χ3v) is 3.93. The van der Waals surface area contributed by atoms with E-state index in [1.807, 2.05) is 4.90 Å². The second-order valence-corrected chi connectivity index (χ2v) is 5.26. The molecular formula is C14H16N2O4. The van der Waals surface area contributed by atoms with E-state index in [1.54, 1.807) is 31.4 Å². The second kappa shape index (κ2) is 4.79. The summed E-state index contributed by atoms with van der Waals surface area (Å²) in [5.74, 6) is 0.386. The average Bonchev–Trinajstić information content (AvgIpc) is 3.12. The Bertz CT molecular complexity index is 604. The zero-order chi connectivity index (χ0) is 14.2. The van der Waals surface area contributed by atoms with Gasteiger partial charge in [-0.2, -0.15) is 0 Å². The molecule has 0 amide bonds. The van der Waals surface area contributed by atoms with E-state index < -0.39 is 11.5 Å². The third-order valence-electron chi connectivity index (χ3n) is 3.93. The SMILES string of the molecule is CC1(C(=O)O)CCCN1Cc1cc(-c2ccco2)on1. The van der Waals surface area contributed by atoms with E-state index in [0.29, 0.717) is 30.2 Å². The highest BCUT2D eigenvalue weighted by Crippen LogP contribution is 2.31. The van der Waals surface area contributed by atoms with Crippen LogP contribution in [0.2, 0.25) is 0 Å². The van der Waals surface area contributed by atoms with Crippen LogP contribution in [0.3, 0.4) is 0 Å². The number of carbonyl (C=O) groups is 1. The molecule has 0 spiro atoms. The zero-order valence-electron chi connectivity index (χ0n) is 11.2. The van der Waals surface area contributed by atoms with Crippen molar-refractivity contribution in [2.24, 2.45) is 0 Å². The fourth-order valence-corrected chi connectivity index (χ4v) is 2.63. The number of aromatic nitrogens is 1. The van der Waals surface area contributed by atoms with Crippen LogP contribution in [0.4, 0.5) is 0 Å². The van der Waals surface area contributed by atoms with E-state index >= 15 is 0 Å².